The van der Waals surface area contributed by atoms with Gasteiger partial charge in [-0.15, -0.1) is 11.3 Å². The highest BCUT2D eigenvalue weighted by atomic mass is 32.1. The zero-order valence-electron chi connectivity index (χ0n) is 19.4. The van der Waals surface area contributed by atoms with Gasteiger partial charge in [-0.1, -0.05) is 12.1 Å². The fourth-order valence-corrected chi connectivity index (χ4v) is 5.51. The molecule has 36 heavy (non-hydrogen) atoms. The normalized spacial score (nSPS) is 13.8. The first-order valence-electron chi connectivity index (χ1n) is 11.3. The van der Waals surface area contributed by atoms with Crippen molar-refractivity contribution in [1.29, 1.82) is 0 Å². The van der Waals surface area contributed by atoms with Gasteiger partial charge in [0.05, 0.1) is 28.1 Å². The summed E-state index contributed by atoms with van der Waals surface area (Å²) in [5.41, 5.74) is 1.89. The molecule has 11 heteroatoms. The maximum absolute atomic E-state index is 13.6. The molecule has 2 aromatic heterocycles. The van der Waals surface area contributed by atoms with Crippen LogP contribution in [0.15, 0.2) is 59.7 Å². The van der Waals surface area contributed by atoms with Crippen molar-refractivity contribution in [1.82, 2.24) is 14.5 Å². The van der Waals surface area contributed by atoms with Crippen molar-refractivity contribution in [2.45, 2.75) is 13.5 Å². The lowest BCUT2D eigenvalue weighted by atomic mass is 10.1. The highest BCUT2D eigenvalue weighted by Crippen LogP contribution is 2.29. The van der Waals surface area contributed by atoms with Gasteiger partial charge in [-0.2, -0.15) is 0 Å². The minimum atomic E-state index is -0.432. The van der Waals surface area contributed by atoms with Crippen molar-refractivity contribution in [3.8, 4) is 0 Å². The van der Waals surface area contributed by atoms with Crippen molar-refractivity contribution < 1.29 is 14.1 Å². The van der Waals surface area contributed by atoms with E-state index in [0.29, 0.717) is 52.4 Å². The lowest BCUT2D eigenvalue weighted by Gasteiger charge is -2.36. The summed E-state index contributed by atoms with van der Waals surface area (Å²) in [5.74, 6) is -0.516. The molecule has 9 nitrogen and oxygen atoms in total. The number of benzene rings is 2. The standard InChI is InChI=1S/C25H22FN5O4S/c1-16-21-23(27-15-30(24(21)32)14-17-3-2-4-18(26)13-17)36-22(16)25(33)29-11-9-28(10-12-29)19-5-7-20(8-6-19)31(34)35/h2-8,13,15H,9-12,14H2,1H3. The number of aromatic nitrogens is 2. The fourth-order valence-electron chi connectivity index (χ4n) is 4.40. The first-order chi connectivity index (χ1) is 17.3. The number of halogens is 1. The van der Waals surface area contributed by atoms with Crippen LogP contribution in [0.4, 0.5) is 15.8 Å². The average Bonchev–Trinajstić information content (AvgIpc) is 3.22. The minimum absolute atomic E-state index is 0.0383. The van der Waals surface area contributed by atoms with Gasteiger partial charge in [-0.3, -0.25) is 24.3 Å². The van der Waals surface area contributed by atoms with Gasteiger partial charge in [0.25, 0.3) is 17.2 Å². The number of carbonyl (C=O) groups excluding carboxylic acids is 1. The summed E-state index contributed by atoms with van der Waals surface area (Å²) < 4.78 is 15.0. The number of nitrogens with zero attached hydrogens (tertiary/aromatic N) is 5. The Kier molecular flexibility index (Phi) is 6.23. The predicted octanol–water partition coefficient (Wildman–Crippen LogP) is 3.82. The Hall–Kier alpha value is -4.12. The molecule has 0 unspecified atom stereocenters. The van der Waals surface area contributed by atoms with Crippen LogP contribution in [0.3, 0.4) is 0 Å². The van der Waals surface area contributed by atoms with E-state index in [9.17, 15) is 24.1 Å². The molecule has 0 radical (unpaired) electrons. The number of thiophene rings is 1. The third-order valence-corrected chi connectivity index (χ3v) is 7.53. The van der Waals surface area contributed by atoms with E-state index in [-0.39, 0.29) is 29.5 Å². The van der Waals surface area contributed by atoms with E-state index in [4.69, 9.17) is 0 Å². The van der Waals surface area contributed by atoms with Gasteiger partial charge in [0.2, 0.25) is 0 Å². The highest BCUT2D eigenvalue weighted by Gasteiger charge is 2.27. The smallest absolute Gasteiger partial charge is 0.269 e. The number of piperazine rings is 1. The molecule has 1 amide bonds. The lowest BCUT2D eigenvalue weighted by Crippen LogP contribution is -2.48. The van der Waals surface area contributed by atoms with E-state index in [1.807, 2.05) is 0 Å². The minimum Gasteiger partial charge on any atom is -0.368 e. The summed E-state index contributed by atoms with van der Waals surface area (Å²) >= 11 is 1.21. The lowest BCUT2D eigenvalue weighted by molar-refractivity contribution is -0.384. The summed E-state index contributed by atoms with van der Waals surface area (Å²) in [6, 6.07) is 12.4. The van der Waals surface area contributed by atoms with Gasteiger partial charge in [0.1, 0.15) is 10.6 Å². The Morgan fingerprint density at radius 2 is 1.86 bits per heavy atom. The van der Waals surface area contributed by atoms with Gasteiger partial charge >= 0.3 is 0 Å². The van der Waals surface area contributed by atoms with Crippen molar-refractivity contribution in [2.24, 2.45) is 0 Å². The van der Waals surface area contributed by atoms with Gasteiger partial charge < -0.3 is 9.80 Å². The number of non-ortho nitro benzene ring substituents is 1. The van der Waals surface area contributed by atoms with Crippen LogP contribution in [0.1, 0.15) is 20.8 Å². The second-order valence-corrected chi connectivity index (χ2v) is 9.60. The maximum atomic E-state index is 13.6. The summed E-state index contributed by atoms with van der Waals surface area (Å²) in [6.07, 6.45) is 1.43. The summed E-state index contributed by atoms with van der Waals surface area (Å²) in [6.45, 7) is 4.09. The van der Waals surface area contributed by atoms with E-state index in [1.165, 1.54) is 46.5 Å². The van der Waals surface area contributed by atoms with Crippen LogP contribution in [-0.4, -0.2) is 51.5 Å². The molecule has 1 saturated heterocycles. The van der Waals surface area contributed by atoms with Crippen molar-refractivity contribution >= 4 is 38.8 Å². The van der Waals surface area contributed by atoms with E-state index < -0.39 is 4.92 Å². The molecule has 1 fully saturated rings. The number of fused-ring (bicyclic) bond motifs is 1. The zero-order valence-corrected chi connectivity index (χ0v) is 20.2. The summed E-state index contributed by atoms with van der Waals surface area (Å²) in [4.78, 5) is 46.2. The molecule has 0 atom stereocenters. The van der Waals surface area contributed by atoms with Crippen LogP contribution in [0.25, 0.3) is 10.2 Å². The molecule has 0 saturated carbocycles. The number of hydrogen-bond acceptors (Lipinski definition) is 7. The molecule has 0 bridgehead atoms. The number of nitro groups is 1. The topological polar surface area (TPSA) is 102 Å². The Bertz CT molecular complexity index is 1520. The number of nitro benzene ring substituents is 1. The SMILES string of the molecule is Cc1c(C(=O)N2CCN(c3ccc([N+](=O)[O-])cc3)CC2)sc2ncn(Cc3cccc(F)c3)c(=O)c12. The fraction of sp³-hybridized carbons (Fsp3) is 0.240. The van der Waals surface area contributed by atoms with E-state index in [1.54, 1.807) is 36.1 Å². The first-order valence-corrected chi connectivity index (χ1v) is 12.1. The molecule has 4 aromatic rings. The molecule has 1 aliphatic heterocycles. The molecule has 184 valence electrons. The van der Waals surface area contributed by atoms with Gasteiger partial charge in [0, 0.05) is 44.0 Å². The number of hydrogen-bond donors (Lipinski definition) is 0. The van der Waals surface area contributed by atoms with Gasteiger partial charge in [0.15, 0.2) is 0 Å². The summed E-state index contributed by atoms with van der Waals surface area (Å²) in [7, 11) is 0. The second kappa shape index (κ2) is 9.50. The quantitative estimate of drug-likeness (QED) is 0.301. The number of amides is 1. The Labute approximate surface area is 209 Å². The highest BCUT2D eigenvalue weighted by molar-refractivity contribution is 7.20. The molecule has 0 N–H and O–H groups in total. The maximum Gasteiger partial charge on any atom is 0.269 e. The molecule has 1 aliphatic rings. The van der Waals surface area contributed by atoms with Crippen molar-refractivity contribution in [3.63, 3.8) is 0 Å². The van der Waals surface area contributed by atoms with E-state index in [2.05, 4.69) is 9.88 Å². The molecular weight excluding hydrogens is 485 g/mol. The first kappa shape index (κ1) is 23.6. The second-order valence-electron chi connectivity index (χ2n) is 8.60. The number of carbonyl (C=O) groups is 1. The van der Waals surface area contributed by atoms with Crippen LogP contribution in [0, 0.1) is 22.9 Å². The van der Waals surface area contributed by atoms with E-state index in [0.717, 1.165) is 5.69 Å². The third kappa shape index (κ3) is 4.44. The predicted molar refractivity (Wildman–Crippen MR) is 135 cm³/mol. The summed E-state index contributed by atoms with van der Waals surface area (Å²) in [5, 5.41) is 11.3. The van der Waals surface area contributed by atoms with Crippen LogP contribution in [0.2, 0.25) is 0 Å². The van der Waals surface area contributed by atoms with Crippen LogP contribution >= 0.6 is 11.3 Å². The van der Waals surface area contributed by atoms with Crippen molar-refractivity contribution in [3.05, 3.63) is 97.1 Å². The largest absolute Gasteiger partial charge is 0.368 e. The monoisotopic (exact) mass is 507 g/mol. The average molecular weight is 508 g/mol. The Morgan fingerprint density at radius 3 is 2.53 bits per heavy atom. The van der Waals surface area contributed by atoms with Crippen LogP contribution in [0.5, 0.6) is 0 Å². The van der Waals surface area contributed by atoms with Crippen LogP contribution < -0.4 is 10.5 Å². The molecule has 2 aromatic carbocycles. The number of anilines is 1. The van der Waals surface area contributed by atoms with Crippen LogP contribution in [-0.2, 0) is 6.54 Å². The Morgan fingerprint density at radius 1 is 1.14 bits per heavy atom. The number of aryl methyl sites for hydroxylation is 1. The van der Waals surface area contributed by atoms with Crippen molar-refractivity contribution in [2.75, 3.05) is 31.1 Å². The zero-order chi connectivity index (χ0) is 25.4. The van der Waals surface area contributed by atoms with E-state index >= 15 is 0 Å². The van der Waals surface area contributed by atoms with Gasteiger partial charge in [-0.05, 0) is 42.3 Å². The Balaban J connectivity index is 1.33. The molecule has 3 heterocycles. The number of rotatable bonds is 5. The molecule has 5 rings (SSSR count). The molecule has 0 spiro atoms. The molecular formula is C25H22FN5O4S. The third-order valence-electron chi connectivity index (χ3n) is 6.35. The van der Waals surface area contributed by atoms with Gasteiger partial charge in [-0.25, -0.2) is 9.37 Å². The molecule has 0 aliphatic carbocycles.